The number of likely N-dealkylation sites (N-methyl/N-ethyl adjacent to an activating group) is 1. The standard InChI is InChI=1S/C11H22N2O2/c1-3-15-9-11(14)13(2)10-5-4-7-12-8-6-10/h10,12H,3-9H2,1-2H3. The van der Waals surface area contributed by atoms with E-state index in [2.05, 4.69) is 5.32 Å². The van der Waals surface area contributed by atoms with Crippen LogP contribution in [0.25, 0.3) is 0 Å². The SMILES string of the molecule is CCOCC(=O)N(C)C1CCCNCC1. The van der Waals surface area contributed by atoms with Crippen LogP contribution in [0.4, 0.5) is 0 Å². The van der Waals surface area contributed by atoms with Crippen LogP contribution in [-0.2, 0) is 9.53 Å². The van der Waals surface area contributed by atoms with Crippen molar-refractivity contribution in [3.8, 4) is 0 Å². The molecule has 0 aromatic carbocycles. The molecule has 1 saturated heterocycles. The van der Waals surface area contributed by atoms with Gasteiger partial charge in [-0.15, -0.1) is 0 Å². The smallest absolute Gasteiger partial charge is 0.248 e. The largest absolute Gasteiger partial charge is 0.372 e. The van der Waals surface area contributed by atoms with Gasteiger partial charge >= 0.3 is 0 Å². The molecule has 1 unspecified atom stereocenters. The zero-order valence-electron chi connectivity index (χ0n) is 9.79. The first kappa shape index (κ1) is 12.5. The van der Waals surface area contributed by atoms with Gasteiger partial charge in [0.1, 0.15) is 6.61 Å². The summed E-state index contributed by atoms with van der Waals surface area (Å²) in [5.74, 6) is 0.101. The van der Waals surface area contributed by atoms with Crippen molar-refractivity contribution < 1.29 is 9.53 Å². The fourth-order valence-electron chi connectivity index (χ4n) is 1.88. The van der Waals surface area contributed by atoms with Gasteiger partial charge in [0, 0.05) is 19.7 Å². The zero-order chi connectivity index (χ0) is 11.1. The molecule has 0 spiro atoms. The van der Waals surface area contributed by atoms with Crippen molar-refractivity contribution in [3.63, 3.8) is 0 Å². The summed E-state index contributed by atoms with van der Waals surface area (Å²) in [5.41, 5.74) is 0. The summed E-state index contributed by atoms with van der Waals surface area (Å²) in [6.07, 6.45) is 3.30. The van der Waals surface area contributed by atoms with Crippen LogP contribution >= 0.6 is 0 Å². The Bertz CT molecular complexity index is 189. The molecule has 88 valence electrons. The number of rotatable bonds is 4. The fourth-order valence-corrected chi connectivity index (χ4v) is 1.88. The van der Waals surface area contributed by atoms with Crippen LogP contribution in [0.2, 0.25) is 0 Å². The van der Waals surface area contributed by atoms with Crippen molar-refractivity contribution in [1.29, 1.82) is 0 Å². The number of ether oxygens (including phenoxy) is 1. The van der Waals surface area contributed by atoms with Gasteiger partial charge in [-0.3, -0.25) is 4.79 Å². The maximum Gasteiger partial charge on any atom is 0.248 e. The van der Waals surface area contributed by atoms with Gasteiger partial charge in [-0.25, -0.2) is 0 Å². The van der Waals surface area contributed by atoms with Crippen LogP contribution in [0.3, 0.4) is 0 Å². The second kappa shape index (κ2) is 6.80. The van der Waals surface area contributed by atoms with Gasteiger partial charge in [0.05, 0.1) is 0 Å². The summed E-state index contributed by atoms with van der Waals surface area (Å²) < 4.78 is 5.13. The lowest BCUT2D eigenvalue weighted by atomic mass is 10.1. The Morgan fingerprint density at radius 3 is 3.00 bits per heavy atom. The summed E-state index contributed by atoms with van der Waals surface area (Å²) in [7, 11) is 1.89. The highest BCUT2D eigenvalue weighted by Gasteiger charge is 2.20. The van der Waals surface area contributed by atoms with E-state index in [1.54, 1.807) is 0 Å². The van der Waals surface area contributed by atoms with Gasteiger partial charge in [0.2, 0.25) is 5.91 Å². The predicted octanol–water partition coefficient (Wildman–Crippen LogP) is 0.623. The second-order valence-corrected chi connectivity index (χ2v) is 3.98. The van der Waals surface area contributed by atoms with Gasteiger partial charge in [0.25, 0.3) is 0 Å². The molecule has 1 heterocycles. The van der Waals surface area contributed by atoms with Crippen LogP contribution in [0.15, 0.2) is 0 Å². The molecule has 1 amide bonds. The molecule has 4 heteroatoms. The minimum Gasteiger partial charge on any atom is -0.372 e. The molecule has 15 heavy (non-hydrogen) atoms. The average Bonchev–Trinajstić information content (AvgIpc) is 2.53. The van der Waals surface area contributed by atoms with E-state index in [0.717, 1.165) is 32.4 Å². The molecule has 0 aromatic rings. The number of nitrogens with zero attached hydrogens (tertiary/aromatic N) is 1. The van der Waals surface area contributed by atoms with Crippen LogP contribution in [0.5, 0.6) is 0 Å². The van der Waals surface area contributed by atoms with Crippen LogP contribution < -0.4 is 5.32 Å². The molecule has 1 fully saturated rings. The minimum atomic E-state index is 0.101. The van der Waals surface area contributed by atoms with Crippen molar-refractivity contribution >= 4 is 5.91 Å². The number of amides is 1. The summed E-state index contributed by atoms with van der Waals surface area (Å²) in [4.78, 5) is 13.5. The number of nitrogens with one attached hydrogen (secondary N) is 1. The third kappa shape index (κ3) is 4.18. The molecule has 1 aliphatic heterocycles. The van der Waals surface area contributed by atoms with Crippen molar-refractivity contribution in [1.82, 2.24) is 10.2 Å². The molecule has 0 bridgehead atoms. The van der Waals surface area contributed by atoms with E-state index in [9.17, 15) is 4.79 Å². The van der Waals surface area contributed by atoms with Crippen molar-refractivity contribution in [3.05, 3.63) is 0 Å². The maximum atomic E-state index is 11.7. The molecule has 1 atom stereocenters. The number of carbonyl (C=O) groups is 1. The molecule has 0 aliphatic carbocycles. The lowest BCUT2D eigenvalue weighted by molar-refractivity contribution is -0.136. The van der Waals surface area contributed by atoms with Crippen LogP contribution in [0, 0.1) is 0 Å². The molecule has 0 radical (unpaired) electrons. The molecular formula is C11H22N2O2. The summed E-state index contributed by atoms with van der Waals surface area (Å²) in [5, 5.41) is 3.34. The number of hydrogen-bond donors (Lipinski definition) is 1. The first-order valence-corrected chi connectivity index (χ1v) is 5.79. The fraction of sp³-hybridized carbons (Fsp3) is 0.909. The van der Waals surface area contributed by atoms with E-state index in [4.69, 9.17) is 4.74 Å². The van der Waals surface area contributed by atoms with E-state index >= 15 is 0 Å². The van der Waals surface area contributed by atoms with E-state index in [1.165, 1.54) is 0 Å². The van der Waals surface area contributed by atoms with Crippen molar-refractivity contribution in [2.75, 3.05) is 33.4 Å². The first-order valence-electron chi connectivity index (χ1n) is 5.79. The minimum absolute atomic E-state index is 0.101. The van der Waals surface area contributed by atoms with Gasteiger partial charge in [0.15, 0.2) is 0 Å². The summed E-state index contributed by atoms with van der Waals surface area (Å²) >= 11 is 0. The Morgan fingerprint density at radius 1 is 1.47 bits per heavy atom. The monoisotopic (exact) mass is 214 g/mol. The predicted molar refractivity (Wildman–Crippen MR) is 59.8 cm³/mol. The average molecular weight is 214 g/mol. The molecule has 1 N–H and O–H groups in total. The molecular weight excluding hydrogens is 192 g/mol. The Kier molecular flexibility index (Phi) is 5.65. The second-order valence-electron chi connectivity index (χ2n) is 3.98. The molecule has 1 rings (SSSR count). The number of carbonyl (C=O) groups excluding carboxylic acids is 1. The Morgan fingerprint density at radius 2 is 2.27 bits per heavy atom. The quantitative estimate of drug-likeness (QED) is 0.746. The van der Waals surface area contributed by atoms with Gasteiger partial charge in [-0.1, -0.05) is 0 Å². The number of hydrogen-bond acceptors (Lipinski definition) is 3. The lowest BCUT2D eigenvalue weighted by Crippen LogP contribution is -2.39. The van der Waals surface area contributed by atoms with Crippen LogP contribution in [0.1, 0.15) is 26.2 Å². The van der Waals surface area contributed by atoms with Gasteiger partial charge < -0.3 is 15.0 Å². The first-order chi connectivity index (χ1) is 7.25. The van der Waals surface area contributed by atoms with E-state index in [0.29, 0.717) is 12.6 Å². The van der Waals surface area contributed by atoms with Gasteiger partial charge in [-0.05, 0) is 39.3 Å². The Balaban J connectivity index is 2.35. The summed E-state index contributed by atoms with van der Waals surface area (Å²) in [6, 6.07) is 0.382. The van der Waals surface area contributed by atoms with E-state index < -0.39 is 0 Å². The normalized spacial score (nSPS) is 22.1. The van der Waals surface area contributed by atoms with Crippen LogP contribution in [-0.4, -0.2) is 50.2 Å². The molecule has 4 nitrogen and oxygen atoms in total. The topological polar surface area (TPSA) is 41.6 Å². The lowest BCUT2D eigenvalue weighted by Gasteiger charge is -2.26. The third-order valence-electron chi connectivity index (χ3n) is 2.92. The molecule has 1 aliphatic rings. The summed E-state index contributed by atoms with van der Waals surface area (Å²) in [6.45, 7) is 4.81. The molecule has 0 aromatic heterocycles. The Labute approximate surface area is 92.0 Å². The van der Waals surface area contributed by atoms with Crippen molar-refractivity contribution in [2.24, 2.45) is 0 Å². The van der Waals surface area contributed by atoms with E-state index in [-0.39, 0.29) is 12.5 Å². The molecule has 0 saturated carbocycles. The van der Waals surface area contributed by atoms with Gasteiger partial charge in [-0.2, -0.15) is 0 Å². The highest BCUT2D eigenvalue weighted by atomic mass is 16.5. The highest BCUT2D eigenvalue weighted by molar-refractivity contribution is 5.77. The highest BCUT2D eigenvalue weighted by Crippen LogP contribution is 2.11. The maximum absolute atomic E-state index is 11.7. The van der Waals surface area contributed by atoms with Crippen molar-refractivity contribution in [2.45, 2.75) is 32.2 Å². The Hall–Kier alpha value is -0.610. The van der Waals surface area contributed by atoms with E-state index in [1.807, 2.05) is 18.9 Å². The zero-order valence-corrected chi connectivity index (χ0v) is 9.79. The third-order valence-corrected chi connectivity index (χ3v) is 2.92.